The molecule has 18 heavy (non-hydrogen) atoms. The summed E-state index contributed by atoms with van der Waals surface area (Å²) in [6.07, 6.45) is 6.29. The zero-order chi connectivity index (χ0) is 13.7. The van der Waals surface area contributed by atoms with Gasteiger partial charge in [-0.25, -0.2) is 0 Å². The van der Waals surface area contributed by atoms with E-state index in [1.54, 1.807) is 0 Å². The van der Waals surface area contributed by atoms with Gasteiger partial charge in [-0.15, -0.1) is 0 Å². The molecule has 0 atom stereocenters. The topological polar surface area (TPSA) is 12.4 Å². The molecule has 0 fully saturated rings. The minimum absolute atomic E-state index is 1.04. The lowest BCUT2D eigenvalue weighted by molar-refractivity contribution is 1.28. The third-order valence-corrected chi connectivity index (χ3v) is 3.32. The Morgan fingerprint density at radius 3 is 2.17 bits per heavy atom. The Morgan fingerprint density at radius 2 is 1.61 bits per heavy atom. The second-order valence-corrected chi connectivity index (χ2v) is 4.73. The zero-order valence-electron chi connectivity index (χ0n) is 12.3. The van der Waals surface area contributed by atoms with Gasteiger partial charge in [0.1, 0.15) is 0 Å². The molecule has 0 radical (unpaired) electrons. The molecule has 96 valence electrons. The van der Waals surface area contributed by atoms with Crippen LogP contribution in [0.4, 0.5) is 0 Å². The van der Waals surface area contributed by atoms with Gasteiger partial charge in [0.2, 0.25) is 0 Å². The minimum atomic E-state index is 1.04. The van der Waals surface area contributed by atoms with Gasteiger partial charge in [-0.3, -0.25) is 4.99 Å². The lowest BCUT2D eigenvalue weighted by atomic mass is 9.97. The molecule has 1 rings (SSSR count). The maximum atomic E-state index is 4.40. The van der Waals surface area contributed by atoms with Crippen LogP contribution >= 0.6 is 0 Å². The highest BCUT2D eigenvalue weighted by molar-refractivity contribution is 6.09. The lowest BCUT2D eigenvalue weighted by Crippen LogP contribution is -2.01. The molecular weight excluding hydrogens is 218 g/mol. The number of aliphatic imine (C=N–C) groups is 1. The van der Waals surface area contributed by atoms with E-state index in [-0.39, 0.29) is 0 Å². The van der Waals surface area contributed by atoms with E-state index in [9.17, 15) is 0 Å². The van der Waals surface area contributed by atoms with E-state index in [4.69, 9.17) is 0 Å². The Balaban J connectivity index is 3.19. The van der Waals surface area contributed by atoms with Crippen LogP contribution in [-0.2, 0) is 0 Å². The fraction of sp³-hybridized carbons (Fsp3) is 0.353. The summed E-state index contributed by atoms with van der Waals surface area (Å²) in [7, 11) is 1.85. The van der Waals surface area contributed by atoms with Crippen LogP contribution in [0.3, 0.4) is 0 Å². The number of hydrogen-bond acceptors (Lipinski definition) is 1. The molecular formula is C17H23N. The summed E-state index contributed by atoms with van der Waals surface area (Å²) in [6, 6.07) is 4.45. The summed E-state index contributed by atoms with van der Waals surface area (Å²) < 4.78 is 0. The fourth-order valence-electron chi connectivity index (χ4n) is 1.83. The van der Waals surface area contributed by atoms with Crippen LogP contribution in [-0.4, -0.2) is 12.8 Å². The Bertz CT molecular complexity index is 517. The van der Waals surface area contributed by atoms with E-state index >= 15 is 0 Å². The first-order chi connectivity index (χ1) is 8.49. The van der Waals surface area contributed by atoms with E-state index in [1.165, 1.54) is 27.8 Å². The van der Waals surface area contributed by atoms with Crippen molar-refractivity contribution in [3.8, 4) is 0 Å². The van der Waals surface area contributed by atoms with Crippen molar-refractivity contribution in [3.05, 3.63) is 58.2 Å². The molecule has 1 aromatic rings. The number of nitrogens with zero attached hydrogens (tertiary/aromatic N) is 1. The molecule has 1 nitrogen and oxygen atoms in total. The fourth-order valence-corrected chi connectivity index (χ4v) is 1.83. The SMILES string of the molecule is C/C=C(C)\C=C/C(=NC)c1cc(C)c(C)cc1C. The van der Waals surface area contributed by atoms with Crippen LogP contribution < -0.4 is 0 Å². The largest absolute Gasteiger partial charge is 0.288 e. The van der Waals surface area contributed by atoms with Gasteiger partial charge < -0.3 is 0 Å². The van der Waals surface area contributed by atoms with Crippen LogP contribution in [0.15, 0.2) is 40.9 Å². The van der Waals surface area contributed by atoms with Gasteiger partial charge in [0.25, 0.3) is 0 Å². The highest BCUT2D eigenvalue weighted by Gasteiger charge is 2.05. The van der Waals surface area contributed by atoms with Crippen LogP contribution in [0, 0.1) is 20.8 Å². The van der Waals surface area contributed by atoms with Crippen LogP contribution in [0.5, 0.6) is 0 Å². The van der Waals surface area contributed by atoms with Gasteiger partial charge in [0.05, 0.1) is 5.71 Å². The van der Waals surface area contributed by atoms with E-state index in [1.807, 2.05) is 14.0 Å². The van der Waals surface area contributed by atoms with E-state index in [2.05, 4.69) is 63.0 Å². The molecule has 0 amide bonds. The Labute approximate surface area is 111 Å². The van der Waals surface area contributed by atoms with E-state index in [0.29, 0.717) is 0 Å². The van der Waals surface area contributed by atoms with Crippen LogP contribution in [0.1, 0.15) is 36.1 Å². The zero-order valence-corrected chi connectivity index (χ0v) is 12.3. The van der Waals surface area contributed by atoms with Crippen LogP contribution in [0.25, 0.3) is 0 Å². The van der Waals surface area contributed by atoms with E-state index in [0.717, 1.165) is 5.71 Å². The Kier molecular flexibility index (Phi) is 5.08. The van der Waals surface area contributed by atoms with Crippen molar-refractivity contribution in [2.45, 2.75) is 34.6 Å². The normalized spacial score (nSPS) is 13.4. The Morgan fingerprint density at radius 1 is 1.00 bits per heavy atom. The third-order valence-electron chi connectivity index (χ3n) is 3.32. The molecule has 0 saturated carbocycles. The average molecular weight is 241 g/mol. The predicted octanol–water partition coefficient (Wildman–Crippen LogP) is 4.55. The van der Waals surface area contributed by atoms with Gasteiger partial charge in [0, 0.05) is 12.6 Å². The van der Waals surface area contributed by atoms with E-state index < -0.39 is 0 Å². The molecule has 0 aromatic heterocycles. The first-order valence-electron chi connectivity index (χ1n) is 6.35. The number of allylic oxidation sites excluding steroid dienone is 4. The highest BCUT2D eigenvalue weighted by Crippen LogP contribution is 2.17. The summed E-state index contributed by atoms with van der Waals surface area (Å²) in [5.74, 6) is 0. The van der Waals surface area contributed by atoms with Crippen LogP contribution in [0.2, 0.25) is 0 Å². The van der Waals surface area contributed by atoms with Crippen molar-refractivity contribution < 1.29 is 0 Å². The molecule has 0 aliphatic carbocycles. The van der Waals surface area contributed by atoms with Gasteiger partial charge >= 0.3 is 0 Å². The second kappa shape index (κ2) is 6.34. The summed E-state index contributed by atoms with van der Waals surface area (Å²) in [4.78, 5) is 4.40. The average Bonchev–Trinajstić information content (AvgIpc) is 2.35. The van der Waals surface area contributed by atoms with Gasteiger partial charge in [-0.1, -0.05) is 23.8 Å². The van der Waals surface area contributed by atoms with Crippen molar-refractivity contribution in [1.82, 2.24) is 0 Å². The highest BCUT2D eigenvalue weighted by atomic mass is 14.7. The maximum absolute atomic E-state index is 4.40. The van der Waals surface area contributed by atoms with Crippen molar-refractivity contribution in [3.63, 3.8) is 0 Å². The number of rotatable bonds is 3. The minimum Gasteiger partial charge on any atom is -0.288 e. The van der Waals surface area contributed by atoms with Crippen molar-refractivity contribution >= 4 is 5.71 Å². The molecule has 0 N–H and O–H groups in total. The molecule has 0 heterocycles. The van der Waals surface area contributed by atoms with Gasteiger partial charge in [0.15, 0.2) is 0 Å². The molecule has 0 bridgehead atoms. The molecule has 0 saturated heterocycles. The summed E-state index contributed by atoms with van der Waals surface area (Å²) >= 11 is 0. The van der Waals surface area contributed by atoms with Gasteiger partial charge in [-0.2, -0.15) is 0 Å². The first-order valence-corrected chi connectivity index (χ1v) is 6.35. The third kappa shape index (κ3) is 3.43. The molecule has 0 unspecified atom stereocenters. The summed E-state index contributed by atoms with van der Waals surface area (Å²) in [5, 5.41) is 0. The number of aryl methyl sites for hydroxylation is 3. The number of benzene rings is 1. The molecule has 0 aliphatic heterocycles. The Hall–Kier alpha value is -1.63. The molecule has 0 aliphatic rings. The predicted molar refractivity (Wildman–Crippen MR) is 81.7 cm³/mol. The second-order valence-electron chi connectivity index (χ2n) is 4.73. The van der Waals surface area contributed by atoms with Crippen molar-refractivity contribution in [2.24, 2.45) is 4.99 Å². The quantitative estimate of drug-likeness (QED) is 0.543. The smallest absolute Gasteiger partial charge is 0.0646 e. The molecule has 0 spiro atoms. The lowest BCUT2D eigenvalue weighted by Gasteiger charge is -2.09. The monoisotopic (exact) mass is 241 g/mol. The van der Waals surface area contributed by atoms with Gasteiger partial charge in [-0.05, 0) is 63.5 Å². The maximum Gasteiger partial charge on any atom is 0.0646 e. The number of hydrogen-bond donors (Lipinski definition) is 0. The van der Waals surface area contributed by atoms with Crippen molar-refractivity contribution in [1.29, 1.82) is 0 Å². The standard InChI is InChI=1S/C17H23N/c1-7-12(2)8-9-17(18-6)16-11-14(4)13(3)10-15(16)5/h7-11H,1-6H3/b9-8-,12-7-,18-17?. The summed E-state index contributed by atoms with van der Waals surface area (Å²) in [5.41, 5.74) is 7.44. The molecule has 1 aromatic carbocycles. The molecule has 1 heteroatoms. The first kappa shape index (κ1) is 14.4. The summed E-state index contributed by atoms with van der Waals surface area (Å²) in [6.45, 7) is 10.6. The van der Waals surface area contributed by atoms with Crippen molar-refractivity contribution in [2.75, 3.05) is 7.05 Å².